The summed E-state index contributed by atoms with van der Waals surface area (Å²) in [6.07, 6.45) is 0. The van der Waals surface area contributed by atoms with Gasteiger partial charge in [0.1, 0.15) is 11.5 Å². The molecule has 1 amide bonds. The van der Waals surface area contributed by atoms with Crippen LogP contribution in [0.25, 0.3) is 22.4 Å². The van der Waals surface area contributed by atoms with Gasteiger partial charge in [-0.15, -0.1) is 0 Å². The molecule has 0 saturated heterocycles. The average molecular weight is 366 g/mol. The van der Waals surface area contributed by atoms with Crippen molar-refractivity contribution in [3.8, 4) is 11.4 Å². The van der Waals surface area contributed by atoms with Crippen molar-refractivity contribution in [1.82, 2.24) is 20.2 Å². The molecule has 2 heterocycles. The molecule has 3 N–H and O–H groups in total. The first-order valence-corrected chi connectivity index (χ1v) is 8.10. The number of H-pyrrole nitrogens is 2. The van der Waals surface area contributed by atoms with E-state index in [2.05, 4.69) is 25.5 Å². The standard InChI is InChI=1S/C18H12ClN5O2/c19-12-4-2-1-3-11(12)17-21-13-6-5-10(9-15(13)22-17)20-18(26)14-7-8-16(25)24-23-14/h1-9H,(H,20,26)(H,21,22)(H,24,25). The highest BCUT2D eigenvalue weighted by atomic mass is 35.5. The number of fused-ring (bicyclic) bond motifs is 1. The molecule has 0 bridgehead atoms. The number of aromatic nitrogens is 4. The summed E-state index contributed by atoms with van der Waals surface area (Å²) in [5.74, 6) is 0.225. The van der Waals surface area contributed by atoms with Crippen LogP contribution < -0.4 is 10.9 Å². The minimum atomic E-state index is -0.425. The van der Waals surface area contributed by atoms with Gasteiger partial charge in [-0.2, -0.15) is 5.10 Å². The zero-order valence-corrected chi connectivity index (χ0v) is 14.0. The van der Waals surface area contributed by atoms with Gasteiger partial charge in [-0.25, -0.2) is 10.1 Å². The maximum absolute atomic E-state index is 12.2. The minimum absolute atomic E-state index is 0.117. The molecule has 2 aromatic heterocycles. The molecule has 0 atom stereocenters. The lowest BCUT2D eigenvalue weighted by Crippen LogP contribution is -2.17. The summed E-state index contributed by atoms with van der Waals surface area (Å²) in [7, 11) is 0. The number of hydrogen-bond donors (Lipinski definition) is 3. The molecule has 4 aromatic rings. The molecule has 0 saturated carbocycles. The van der Waals surface area contributed by atoms with Gasteiger partial charge in [-0.1, -0.05) is 23.7 Å². The van der Waals surface area contributed by atoms with Crippen molar-refractivity contribution in [3.05, 3.63) is 75.7 Å². The first kappa shape index (κ1) is 16.0. The van der Waals surface area contributed by atoms with E-state index in [-0.39, 0.29) is 11.3 Å². The second-order valence-electron chi connectivity index (χ2n) is 5.56. The lowest BCUT2D eigenvalue weighted by molar-refractivity contribution is 0.102. The predicted octanol–water partition coefficient (Wildman–Crippen LogP) is 3.22. The highest BCUT2D eigenvalue weighted by molar-refractivity contribution is 6.33. The van der Waals surface area contributed by atoms with Gasteiger partial charge >= 0.3 is 0 Å². The molecule has 128 valence electrons. The van der Waals surface area contributed by atoms with Crippen LogP contribution in [0.1, 0.15) is 10.5 Å². The van der Waals surface area contributed by atoms with E-state index in [1.54, 1.807) is 24.3 Å². The third-order valence-electron chi connectivity index (χ3n) is 3.78. The van der Waals surface area contributed by atoms with Gasteiger partial charge in [0.05, 0.1) is 16.1 Å². The number of anilines is 1. The molecule has 0 fully saturated rings. The van der Waals surface area contributed by atoms with Crippen LogP contribution in [0.15, 0.2) is 59.4 Å². The Balaban J connectivity index is 1.63. The Bertz CT molecular complexity index is 1160. The van der Waals surface area contributed by atoms with Crippen molar-refractivity contribution < 1.29 is 4.79 Å². The number of carbonyl (C=O) groups is 1. The van der Waals surface area contributed by atoms with Gasteiger partial charge in [-0.05, 0) is 36.4 Å². The molecule has 0 aliphatic carbocycles. The average Bonchev–Trinajstić information content (AvgIpc) is 3.05. The van der Waals surface area contributed by atoms with Crippen LogP contribution in [-0.4, -0.2) is 26.1 Å². The second-order valence-corrected chi connectivity index (χ2v) is 5.96. The van der Waals surface area contributed by atoms with Crippen molar-refractivity contribution in [2.45, 2.75) is 0 Å². The van der Waals surface area contributed by atoms with Crippen LogP contribution in [0.3, 0.4) is 0 Å². The molecule has 4 rings (SSSR count). The van der Waals surface area contributed by atoms with Crippen LogP contribution >= 0.6 is 11.6 Å². The lowest BCUT2D eigenvalue weighted by atomic mass is 10.2. The van der Waals surface area contributed by atoms with Crippen LogP contribution in [0.4, 0.5) is 5.69 Å². The zero-order valence-electron chi connectivity index (χ0n) is 13.3. The van der Waals surface area contributed by atoms with Gasteiger partial charge in [-0.3, -0.25) is 9.59 Å². The first-order valence-electron chi connectivity index (χ1n) is 7.72. The number of imidazole rings is 1. The van der Waals surface area contributed by atoms with E-state index >= 15 is 0 Å². The topological polar surface area (TPSA) is 104 Å². The molecule has 8 heteroatoms. The number of aromatic amines is 2. The molecule has 26 heavy (non-hydrogen) atoms. The number of carbonyl (C=O) groups excluding carboxylic acids is 1. The van der Waals surface area contributed by atoms with Crippen LogP contribution in [0, 0.1) is 0 Å². The fourth-order valence-electron chi connectivity index (χ4n) is 2.53. The first-order chi connectivity index (χ1) is 12.6. The smallest absolute Gasteiger partial charge is 0.276 e. The summed E-state index contributed by atoms with van der Waals surface area (Å²) < 4.78 is 0. The monoisotopic (exact) mass is 365 g/mol. The Morgan fingerprint density at radius 2 is 1.92 bits per heavy atom. The summed E-state index contributed by atoms with van der Waals surface area (Å²) in [6.45, 7) is 0. The minimum Gasteiger partial charge on any atom is -0.338 e. The van der Waals surface area contributed by atoms with E-state index in [1.165, 1.54) is 12.1 Å². The molecule has 0 unspecified atom stereocenters. The SMILES string of the molecule is O=C(Nc1ccc2nc(-c3ccccc3Cl)[nH]c2c1)c1ccc(=O)[nH]n1. The number of hydrogen-bond acceptors (Lipinski definition) is 4. The number of benzene rings is 2. The second kappa shape index (κ2) is 6.45. The third-order valence-corrected chi connectivity index (χ3v) is 4.11. The predicted molar refractivity (Wildman–Crippen MR) is 99.4 cm³/mol. The number of halogens is 1. The Kier molecular flexibility index (Phi) is 3.98. The van der Waals surface area contributed by atoms with E-state index in [4.69, 9.17) is 11.6 Å². The summed E-state index contributed by atoms with van der Waals surface area (Å²) in [5, 5.41) is 9.27. The summed E-state index contributed by atoms with van der Waals surface area (Å²) in [6, 6.07) is 15.3. The number of nitrogens with one attached hydrogen (secondary N) is 3. The van der Waals surface area contributed by atoms with Crippen molar-refractivity contribution >= 4 is 34.2 Å². The van der Waals surface area contributed by atoms with Crippen molar-refractivity contribution in [2.75, 3.05) is 5.32 Å². The molecule has 2 aromatic carbocycles. The zero-order chi connectivity index (χ0) is 18.1. The Morgan fingerprint density at radius 3 is 2.69 bits per heavy atom. The Hall–Kier alpha value is -3.45. The maximum atomic E-state index is 12.2. The summed E-state index contributed by atoms with van der Waals surface area (Å²) in [5.41, 5.74) is 2.63. The molecular weight excluding hydrogens is 354 g/mol. The van der Waals surface area contributed by atoms with Crippen LogP contribution in [-0.2, 0) is 0 Å². The van der Waals surface area contributed by atoms with Crippen molar-refractivity contribution in [3.63, 3.8) is 0 Å². The summed E-state index contributed by atoms with van der Waals surface area (Å²) >= 11 is 6.22. The molecule has 0 spiro atoms. The fourth-order valence-corrected chi connectivity index (χ4v) is 2.76. The number of amides is 1. The Labute approximate surface area is 152 Å². The molecule has 0 aliphatic rings. The van der Waals surface area contributed by atoms with E-state index < -0.39 is 5.91 Å². The normalized spacial score (nSPS) is 10.8. The highest BCUT2D eigenvalue weighted by Crippen LogP contribution is 2.28. The lowest BCUT2D eigenvalue weighted by Gasteiger charge is -2.03. The van der Waals surface area contributed by atoms with Gasteiger partial charge in [0.25, 0.3) is 11.5 Å². The van der Waals surface area contributed by atoms with Crippen molar-refractivity contribution in [2.24, 2.45) is 0 Å². The molecule has 7 nitrogen and oxygen atoms in total. The Morgan fingerprint density at radius 1 is 1.08 bits per heavy atom. The molecule has 0 radical (unpaired) electrons. The van der Waals surface area contributed by atoms with Gasteiger partial charge in [0, 0.05) is 17.3 Å². The van der Waals surface area contributed by atoms with Crippen LogP contribution in [0.5, 0.6) is 0 Å². The molecule has 0 aliphatic heterocycles. The van der Waals surface area contributed by atoms with E-state index in [0.717, 1.165) is 16.6 Å². The maximum Gasteiger partial charge on any atom is 0.276 e. The number of nitrogens with zero attached hydrogens (tertiary/aromatic N) is 2. The van der Waals surface area contributed by atoms with Crippen LogP contribution in [0.2, 0.25) is 5.02 Å². The fraction of sp³-hybridized carbons (Fsp3) is 0. The van der Waals surface area contributed by atoms with E-state index in [1.807, 2.05) is 18.2 Å². The number of rotatable bonds is 3. The van der Waals surface area contributed by atoms with Crippen molar-refractivity contribution in [1.29, 1.82) is 0 Å². The van der Waals surface area contributed by atoms with Gasteiger partial charge in [0.2, 0.25) is 0 Å². The van der Waals surface area contributed by atoms with Gasteiger partial charge < -0.3 is 10.3 Å². The summed E-state index contributed by atoms with van der Waals surface area (Å²) in [4.78, 5) is 30.9. The largest absolute Gasteiger partial charge is 0.338 e. The van der Waals surface area contributed by atoms with E-state index in [0.29, 0.717) is 16.5 Å². The quantitative estimate of drug-likeness (QED) is 0.518. The van der Waals surface area contributed by atoms with E-state index in [9.17, 15) is 9.59 Å². The third kappa shape index (κ3) is 3.07. The highest BCUT2D eigenvalue weighted by Gasteiger charge is 2.11. The van der Waals surface area contributed by atoms with Gasteiger partial charge in [0.15, 0.2) is 0 Å². The molecular formula is C18H12ClN5O2.